The molecule has 0 fully saturated rings. The summed E-state index contributed by atoms with van der Waals surface area (Å²) in [5.74, 6) is 0. The molecule has 52 valence electrons. The largest absolute Gasteiger partial charge is 0.501 e. The summed E-state index contributed by atoms with van der Waals surface area (Å²) in [5, 5.41) is 0. The van der Waals surface area contributed by atoms with Crippen LogP contribution < -0.4 is 0 Å². The molecule has 0 aromatic heterocycles. The Kier molecular flexibility index (Phi) is 2.62. The van der Waals surface area contributed by atoms with Gasteiger partial charge in [0.2, 0.25) is 0 Å². The van der Waals surface area contributed by atoms with Gasteiger partial charge in [-0.25, -0.2) is 0 Å². The van der Waals surface area contributed by atoms with Gasteiger partial charge in [0.1, 0.15) is 0 Å². The molecule has 0 aliphatic carbocycles. The third kappa shape index (κ3) is 2.08. The van der Waals surface area contributed by atoms with Crippen molar-refractivity contribution in [3.8, 4) is 0 Å². The van der Waals surface area contributed by atoms with E-state index in [1.165, 1.54) is 31.3 Å². The molecule has 0 atom stereocenters. The van der Waals surface area contributed by atoms with Gasteiger partial charge in [-0.1, -0.05) is 13.3 Å². The van der Waals surface area contributed by atoms with Gasteiger partial charge in [-0.2, -0.15) is 0 Å². The zero-order chi connectivity index (χ0) is 6.53. The van der Waals surface area contributed by atoms with Crippen molar-refractivity contribution in [2.75, 3.05) is 6.61 Å². The summed E-state index contributed by atoms with van der Waals surface area (Å²) >= 11 is 0. The molecule has 0 spiro atoms. The molecule has 0 N–H and O–H groups in total. The molecule has 0 amide bonds. The van der Waals surface area contributed by atoms with E-state index in [1.54, 1.807) is 0 Å². The quantitative estimate of drug-likeness (QED) is 0.552. The number of ether oxygens (including phenoxy) is 1. The van der Waals surface area contributed by atoms with Gasteiger partial charge in [-0.3, -0.25) is 0 Å². The van der Waals surface area contributed by atoms with Crippen LogP contribution in [0.15, 0.2) is 11.8 Å². The maximum atomic E-state index is 5.17. The highest BCUT2D eigenvalue weighted by Gasteiger charge is 2.01. The van der Waals surface area contributed by atoms with Crippen molar-refractivity contribution in [3.63, 3.8) is 0 Å². The summed E-state index contributed by atoms with van der Waals surface area (Å²) in [6.45, 7) is 3.13. The van der Waals surface area contributed by atoms with E-state index in [9.17, 15) is 0 Å². The van der Waals surface area contributed by atoms with Crippen LogP contribution in [0.1, 0.15) is 32.6 Å². The molecule has 0 aromatic carbocycles. The highest BCUT2D eigenvalue weighted by atomic mass is 16.5. The lowest BCUT2D eigenvalue weighted by molar-refractivity contribution is 0.223. The third-order valence-corrected chi connectivity index (χ3v) is 1.58. The van der Waals surface area contributed by atoms with Gasteiger partial charge < -0.3 is 4.74 Å². The molecule has 1 aliphatic rings. The van der Waals surface area contributed by atoms with Crippen LogP contribution in [-0.4, -0.2) is 6.61 Å². The zero-order valence-electron chi connectivity index (χ0n) is 6.02. The summed E-state index contributed by atoms with van der Waals surface area (Å²) in [7, 11) is 0. The molecule has 1 aliphatic heterocycles. The fourth-order valence-corrected chi connectivity index (χ4v) is 1.12. The average Bonchev–Trinajstić information content (AvgIpc) is 1.91. The maximum Gasteiger partial charge on any atom is 0.0876 e. The Bertz CT molecular complexity index is 105. The topological polar surface area (TPSA) is 9.23 Å². The Morgan fingerprint density at radius 1 is 1.67 bits per heavy atom. The molecule has 0 unspecified atom stereocenters. The minimum Gasteiger partial charge on any atom is -0.501 e. The van der Waals surface area contributed by atoms with Gasteiger partial charge in [0.25, 0.3) is 0 Å². The molecule has 0 aromatic rings. The van der Waals surface area contributed by atoms with E-state index >= 15 is 0 Å². The van der Waals surface area contributed by atoms with Crippen molar-refractivity contribution in [2.24, 2.45) is 0 Å². The van der Waals surface area contributed by atoms with Crippen LogP contribution in [-0.2, 0) is 4.74 Å². The van der Waals surface area contributed by atoms with Crippen LogP contribution in [0, 0.1) is 0 Å². The Morgan fingerprint density at radius 2 is 2.56 bits per heavy atom. The number of hydrogen-bond acceptors (Lipinski definition) is 1. The second-order valence-electron chi connectivity index (χ2n) is 2.50. The maximum absolute atomic E-state index is 5.17. The highest BCUT2D eigenvalue weighted by molar-refractivity contribution is 4.99. The van der Waals surface area contributed by atoms with E-state index in [4.69, 9.17) is 4.74 Å². The highest BCUT2D eigenvalue weighted by Crippen LogP contribution is 2.15. The van der Waals surface area contributed by atoms with Gasteiger partial charge in [0.05, 0.1) is 12.9 Å². The number of hydrogen-bond donors (Lipinski definition) is 0. The monoisotopic (exact) mass is 126 g/mol. The molecular weight excluding hydrogens is 112 g/mol. The Morgan fingerprint density at radius 3 is 3.11 bits per heavy atom. The predicted molar refractivity (Wildman–Crippen MR) is 38.2 cm³/mol. The molecule has 0 bridgehead atoms. The van der Waals surface area contributed by atoms with Crippen LogP contribution in [0.4, 0.5) is 0 Å². The molecule has 1 rings (SSSR count). The first-order chi connectivity index (χ1) is 4.43. The minimum absolute atomic E-state index is 0.924. The lowest BCUT2D eigenvalue weighted by Gasteiger charge is -2.11. The van der Waals surface area contributed by atoms with Gasteiger partial charge in [-0.15, -0.1) is 0 Å². The Hall–Kier alpha value is -0.460. The number of allylic oxidation sites excluding steroid dienone is 1. The first-order valence-electron chi connectivity index (χ1n) is 3.73. The lowest BCUT2D eigenvalue weighted by Crippen LogP contribution is -1.98. The summed E-state index contributed by atoms with van der Waals surface area (Å²) in [6, 6.07) is 0. The third-order valence-electron chi connectivity index (χ3n) is 1.58. The van der Waals surface area contributed by atoms with Crippen LogP contribution in [0.3, 0.4) is 0 Å². The minimum atomic E-state index is 0.924. The first-order valence-corrected chi connectivity index (χ1v) is 3.73. The van der Waals surface area contributed by atoms with Gasteiger partial charge in [0.15, 0.2) is 0 Å². The van der Waals surface area contributed by atoms with Crippen LogP contribution in [0.25, 0.3) is 0 Å². The van der Waals surface area contributed by atoms with Crippen LogP contribution >= 0.6 is 0 Å². The van der Waals surface area contributed by atoms with Crippen molar-refractivity contribution < 1.29 is 4.74 Å². The standard InChI is InChI=1S/C8H14O/c1-2-4-8-5-3-6-9-7-8/h7H,2-6H2,1H3. The summed E-state index contributed by atoms with van der Waals surface area (Å²) in [4.78, 5) is 0. The average molecular weight is 126 g/mol. The fourth-order valence-electron chi connectivity index (χ4n) is 1.12. The normalized spacial score (nSPS) is 18.6. The molecule has 1 heteroatoms. The van der Waals surface area contributed by atoms with E-state index in [-0.39, 0.29) is 0 Å². The first kappa shape index (κ1) is 6.66. The molecular formula is C8H14O. The molecule has 1 heterocycles. The van der Waals surface area contributed by atoms with Crippen molar-refractivity contribution >= 4 is 0 Å². The van der Waals surface area contributed by atoms with Gasteiger partial charge in [0, 0.05) is 0 Å². The summed E-state index contributed by atoms with van der Waals surface area (Å²) in [6.07, 6.45) is 6.88. The molecule has 9 heavy (non-hydrogen) atoms. The van der Waals surface area contributed by atoms with Crippen molar-refractivity contribution in [1.29, 1.82) is 0 Å². The van der Waals surface area contributed by atoms with Crippen LogP contribution in [0.2, 0.25) is 0 Å². The van der Waals surface area contributed by atoms with Crippen molar-refractivity contribution in [3.05, 3.63) is 11.8 Å². The second-order valence-corrected chi connectivity index (χ2v) is 2.50. The molecule has 0 saturated carbocycles. The van der Waals surface area contributed by atoms with Gasteiger partial charge in [-0.05, 0) is 24.8 Å². The van der Waals surface area contributed by atoms with Crippen molar-refractivity contribution in [1.82, 2.24) is 0 Å². The molecule has 0 radical (unpaired) electrons. The van der Waals surface area contributed by atoms with E-state index in [0.29, 0.717) is 0 Å². The predicted octanol–water partition coefficient (Wildman–Crippen LogP) is 2.48. The molecule has 0 saturated heterocycles. The SMILES string of the molecule is CCCC1=COCCC1. The Labute approximate surface area is 56.7 Å². The molecule has 1 nitrogen and oxygen atoms in total. The van der Waals surface area contributed by atoms with E-state index in [1.807, 2.05) is 6.26 Å². The number of rotatable bonds is 2. The summed E-state index contributed by atoms with van der Waals surface area (Å²) in [5.41, 5.74) is 1.49. The van der Waals surface area contributed by atoms with Crippen molar-refractivity contribution in [2.45, 2.75) is 32.6 Å². The van der Waals surface area contributed by atoms with E-state index < -0.39 is 0 Å². The summed E-state index contributed by atoms with van der Waals surface area (Å²) < 4.78 is 5.17. The van der Waals surface area contributed by atoms with Gasteiger partial charge >= 0.3 is 0 Å². The smallest absolute Gasteiger partial charge is 0.0876 e. The second kappa shape index (κ2) is 3.54. The lowest BCUT2D eigenvalue weighted by atomic mass is 10.1. The van der Waals surface area contributed by atoms with E-state index in [0.717, 1.165) is 6.61 Å². The van der Waals surface area contributed by atoms with E-state index in [2.05, 4.69) is 6.92 Å². The fraction of sp³-hybridized carbons (Fsp3) is 0.750. The van der Waals surface area contributed by atoms with Crippen LogP contribution in [0.5, 0.6) is 0 Å². The Balaban J connectivity index is 2.28. The zero-order valence-corrected chi connectivity index (χ0v) is 6.02.